The molecule has 2 N–H and O–H groups in total. The van der Waals surface area contributed by atoms with E-state index in [0.29, 0.717) is 25.1 Å². The molecule has 0 saturated heterocycles. The lowest BCUT2D eigenvalue weighted by molar-refractivity contribution is 0.222. The van der Waals surface area contributed by atoms with E-state index in [2.05, 4.69) is 17.6 Å². The van der Waals surface area contributed by atoms with Crippen molar-refractivity contribution >= 4 is 6.03 Å². The predicted molar refractivity (Wildman–Crippen MR) is 95.8 cm³/mol. The number of hydrogen-bond donors (Lipinski definition) is 2. The maximum Gasteiger partial charge on any atom is 0.315 e. The minimum Gasteiger partial charge on any atom is -0.493 e. The predicted octanol–water partition coefficient (Wildman–Crippen LogP) is 3.51. The van der Waals surface area contributed by atoms with E-state index in [1.807, 2.05) is 25.1 Å². The molecule has 24 heavy (non-hydrogen) atoms. The topological polar surface area (TPSA) is 59.6 Å². The van der Waals surface area contributed by atoms with E-state index < -0.39 is 0 Å². The van der Waals surface area contributed by atoms with Crippen molar-refractivity contribution in [2.24, 2.45) is 5.92 Å². The first-order chi connectivity index (χ1) is 11.6. The standard InChI is InChI=1S/C19H30N2O3/c1-4-24-17-10-9-15(13-18(17)23-3)11-12-20-19(22)21-16-8-6-5-7-14(16)2/h9-10,13-14,16H,4-8,11-12H2,1-3H3,(H2,20,21,22). The second-order valence-corrected chi connectivity index (χ2v) is 6.44. The van der Waals surface area contributed by atoms with Crippen molar-refractivity contribution in [1.29, 1.82) is 0 Å². The molecule has 2 rings (SSSR count). The Morgan fingerprint density at radius 2 is 2.04 bits per heavy atom. The van der Waals surface area contributed by atoms with Gasteiger partial charge in [-0.2, -0.15) is 0 Å². The van der Waals surface area contributed by atoms with Gasteiger partial charge in [-0.05, 0) is 49.8 Å². The summed E-state index contributed by atoms with van der Waals surface area (Å²) in [5.41, 5.74) is 1.11. The van der Waals surface area contributed by atoms with Crippen LogP contribution in [-0.4, -0.2) is 32.3 Å². The van der Waals surface area contributed by atoms with Gasteiger partial charge in [0.25, 0.3) is 0 Å². The molecule has 2 atom stereocenters. The number of nitrogens with one attached hydrogen (secondary N) is 2. The van der Waals surface area contributed by atoms with E-state index in [1.165, 1.54) is 19.3 Å². The van der Waals surface area contributed by atoms with E-state index in [4.69, 9.17) is 9.47 Å². The molecule has 1 aromatic rings. The second kappa shape index (κ2) is 9.40. The molecular weight excluding hydrogens is 304 g/mol. The van der Waals surface area contributed by atoms with Crippen molar-refractivity contribution in [3.05, 3.63) is 23.8 Å². The van der Waals surface area contributed by atoms with E-state index in [9.17, 15) is 4.79 Å². The lowest BCUT2D eigenvalue weighted by atomic mass is 9.86. The van der Waals surface area contributed by atoms with Crippen LogP contribution in [0.2, 0.25) is 0 Å². The smallest absolute Gasteiger partial charge is 0.315 e. The Kier molecular flexibility index (Phi) is 7.22. The van der Waals surface area contributed by atoms with Crippen LogP contribution in [0, 0.1) is 5.92 Å². The summed E-state index contributed by atoms with van der Waals surface area (Å²) in [5, 5.41) is 6.06. The van der Waals surface area contributed by atoms with Gasteiger partial charge >= 0.3 is 6.03 Å². The van der Waals surface area contributed by atoms with Crippen molar-refractivity contribution in [3.8, 4) is 11.5 Å². The molecule has 0 aliphatic heterocycles. The number of benzene rings is 1. The molecule has 0 radical (unpaired) electrons. The van der Waals surface area contributed by atoms with Crippen LogP contribution in [0.1, 0.15) is 45.1 Å². The molecule has 0 heterocycles. The molecule has 1 fully saturated rings. The zero-order valence-corrected chi connectivity index (χ0v) is 15.1. The lowest BCUT2D eigenvalue weighted by Gasteiger charge is -2.29. The fourth-order valence-electron chi connectivity index (χ4n) is 3.21. The van der Waals surface area contributed by atoms with Gasteiger partial charge in [0.05, 0.1) is 13.7 Å². The van der Waals surface area contributed by atoms with Crippen LogP contribution in [0.5, 0.6) is 11.5 Å². The maximum absolute atomic E-state index is 12.0. The van der Waals surface area contributed by atoms with Gasteiger partial charge in [-0.1, -0.05) is 25.8 Å². The van der Waals surface area contributed by atoms with Gasteiger partial charge in [0.1, 0.15) is 0 Å². The Bertz CT molecular complexity index is 533. The fourth-order valence-corrected chi connectivity index (χ4v) is 3.21. The summed E-state index contributed by atoms with van der Waals surface area (Å²) >= 11 is 0. The molecule has 0 aromatic heterocycles. The first kappa shape index (κ1) is 18.4. The van der Waals surface area contributed by atoms with Gasteiger partial charge in [0.15, 0.2) is 11.5 Å². The minimum atomic E-state index is -0.0633. The molecule has 1 aliphatic rings. The number of amides is 2. The third kappa shape index (κ3) is 5.32. The van der Waals surface area contributed by atoms with Crippen LogP contribution < -0.4 is 20.1 Å². The molecule has 1 saturated carbocycles. The quantitative estimate of drug-likeness (QED) is 0.802. The van der Waals surface area contributed by atoms with Crippen molar-refractivity contribution in [2.75, 3.05) is 20.3 Å². The Labute approximate surface area is 145 Å². The van der Waals surface area contributed by atoms with Crippen LogP contribution in [0.4, 0.5) is 4.79 Å². The highest BCUT2D eigenvalue weighted by atomic mass is 16.5. The largest absolute Gasteiger partial charge is 0.493 e. The third-order valence-electron chi connectivity index (χ3n) is 4.66. The highest BCUT2D eigenvalue weighted by Gasteiger charge is 2.22. The number of hydrogen-bond acceptors (Lipinski definition) is 3. The van der Waals surface area contributed by atoms with E-state index in [1.54, 1.807) is 7.11 Å². The Hall–Kier alpha value is -1.91. The molecule has 5 nitrogen and oxygen atoms in total. The third-order valence-corrected chi connectivity index (χ3v) is 4.66. The summed E-state index contributed by atoms with van der Waals surface area (Å²) in [4.78, 5) is 12.0. The van der Waals surface area contributed by atoms with Crippen LogP contribution in [0.25, 0.3) is 0 Å². The number of carbonyl (C=O) groups is 1. The van der Waals surface area contributed by atoms with Crippen LogP contribution in [-0.2, 0) is 6.42 Å². The summed E-state index contributed by atoms with van der Waals surface area (Å²) in [6, 6.07) is 6.14. The Morgan fingerprint density at radius 1 is 1.25 bits per heavy atom. The number of methoxy groups -OCH3 is 1. The molecule has 2 amide bonds. The van der Waals surface area contributed by atoms with E-state index >= 15 is 0 Å². The average molecular weight is 334 g/mol. The van der Waals surface area contributed by atoms with Gasteiger partial charge in [-0.15, -0.1) is 0 Å². The van der Waals surface area contributed by atoms with Gasteiger partial charge in [-0.25, -0.2) is 4.79 Å². The summed E-state index contributed by atoms with van der Waals surface area (Å²) in [7, 11) is 1.64. The molecule has 1 aromatic carbocycles. The molecule has 2 unspecified atom stereocenters. The summed E-state index contributed by atoms with van der Waals surface area (Å²) in [6.07, 6.45) is 5.54. The normalized spacial score (nSPS) is 20.3. The first-order valence-electron chi connectivity index (χ1n) is 8.98. The maximum atomic E-state index is 12.0. The Morgan fingerprint density at radius 3 is 2.75 bits per heavy atom. The summed E-state index contributed by atoms with van der Waals surface area (Å²) in [5.74, 6) is 2.05. The lowest BCUT2D eigenvalue weighted by Crippen LogP contribution is -2.46. The Balaban J connectivity index is 1.77. The molecule has 5 heteroatoms. The van der Waals surface area contributed by atoms with E-state index in [0.717, 1.165) is 29.9 Å². The molecular formula is C19H30N2O3. The summed E-state index contributed by atoms with van der Waals surface area (Å²) < 4.78 is 10.9. The highest BCUT2D eigenvalue weighted by Crippen LogP contribution is 2.28. The number of carbonyl (C=O) groups excluding carboxylic acids is 1. The molecule has 1 aliphatic carbocycles. The zero-order chi connectivity index (χ0) is 17.4. The number of urea groups is 1. The van der Waals surface area contributed by atoms with Crippen molar-refractivity contribution < 1.29 is 14.3 Å². The van der Waals surface area contributed by atoms with Crippen LogP contribution in [0.3, 0.4) is 0 Å². The SMILES string of the molecule is CCOc1ccc(CCNC(=O)NC2CCCCC2C)cc1OC. The highest BCUT2D eigenvalue weighted by molar-refractivity contribution is 5.74. The van der Waals surface area contributed by atoms with Crippen molar-refractivity contribution in [1.82, 2.24) is 10.6 Å². The second-order valence-electron chi connectivity index (χ2n) is 6.44. The minimum absolute atomic E-state index is 0.0633. The fraction of sp³-hybridized carbons (Fsp3) is 0.632. The summed E-state index contributed by atoms with van der Waals surface area (Å²) in [6.45, 7) is 5.38. The van der Waals surface area contributed by atoms with Gasteiger partial charge in [0.2, 0.25) is 0 Å². The molecule has 0 spiro atoms. The van der Waals surface area contributed by atoms with Crippen molar-refractivity contribution in [2.45, 2.75) is 52.0 Å². The van der Waals surface area contributed by atoms with Gasteiger partial charge < -0.3 is 20.1 Å². The van der Waals surface area contributed by atoms with Gasteiger partial charge in [0, 0.05) is 12.6 Å². The van der Waals surface area contributed by atoms with Gasteiger partial charge in [-0.3, -0.25) is 0 Å². The molecule has 0 bridgehead atoms. The number of rotatable bonds is 7. The van der Waals surface area contributed by atoms with Crippen LogP contribution >= 0.6 is 0 Å². The number of ether oxygens (including phenoxy) is 2. The molecule has 134 valence electrons. The first-order valence-corrected chi connectivity index (χ1v) is 8.98. The van der Waals surface area contributed by atoms with Crippen LogP contribution in [0.15, 0.2) is 18.2 Å². The van der Waals surface area contributed by atoms with Crippen molar-refractivity contribution in [3.63, 3.8) is 0 Å². The average Bonchev–Trinajstić information content (AvgIpc) is 2.58. The van der Waals surface area contributed by atoms with E-state index in [-0.39, 0.29) is 6.03 Å². The monoisotopic (exact) mass is 334 g/mol. The zero-order valence-electron chi connectivity index (χ0n) is 15.1.